The molecule has 0 saturated carbocycles. The summed E-state index contributed by atoms with van der Waals surface area (Å²) in [5.74, 6) is 1.32. The number of aliphatic hydroxyl groups is 1. The predicted octanol–water partition coefficient (Wildman–Crippen LogP) is 2.92. The van der Waals surface area contributed by atoms with Crippen LogP contribution in [-0.4, -0.2) is 42.4 Å². The SMILES string of the molecule is CCC1CN(CCOc2cccc(Br)c2)CCC1O. The second-order valence-corrected chi connectivity index (χ2v) is 6.05. The zero-order valence-corrected chi connectivity index (χ0v) is 13.0. The van der Waals surface area contributed by atoms with Gasteiger partial charge in [0.1, 0.15) is 12.4 Å². The third kappa shape index (κ3) is 4.48. The number of hydrogen-bond acceptors (Lipinski definition) is 3. The second-order valence-electron chi connectivity index (χ2n) is 5.13. The summed E-state index contributed by atoms with van der Waals surface area (Å²) < 4.78 is 6.79. The van der Waals surface area contributed by atoms with Crippen LogP contribution in [0.3, 0.4) is 0 Å². The van der Waals surface area contributed by atoms with Crippen molar-refractivity contribution in [2.45, 2.75) is 25.9 Å². The van der Waals surface area contributed by atoms with Crippen LogP contribution in [0.15, 0.2) is 28.7 Å². The van der Waals surface area contributed by atoms with E-state index in [4.69, 9.17) is 4.74 Å². The van der Waals surface area contributed by atoms with Gasteiger partial charge in [0.05, 0.1) is 6.10 Å². The summed E-state index contributed by atoms with van der Waals surface area (Å²) in [6.07, 6.45) is 1.81. The maximum Gasteiger partial charge on any atom is 0.120 e. The summed E-state index contributed by atoms with van der Waals surface area (Å²) in [5.41, 5.74) is 0. The van der Waals surface area contributed by atoms with Crippen LogP contribution in [0.5, 0.6) is 5.75 Å². The van der Waals surface area contributed by atoms with Gasteiger partial charge in [-0.25, -0.2) is 0 Å². The van der Waals surface area contributed by atoms with E-state index in [-0.39, 0.29) is 6.10 Å². The lowest BCUT2D eigenvalue weighted by atomic mass is 9.92. The van der Waals surface area contributed by atoms with Crippen molar-refractivity contribution in [3.63, 3.8) is 0 Å². The number of hydrogen-bond donors (Lipinski definition) is 1. The fourth-order valence-corrected chi connectivity index (χ4v) is 2.93. The van der Waals surface area contributed by atoms with Crippen molar-refractivity contribution in [1.82, 2.24) is 4.90 Å². The van der Waals surface area contributed by atoms with Crippen LogP contribution in [-0.2, 0) is 0 Å². The van der Waals surface area contributed by atoms with E-state index in [0.29, 0.717) is 12.5 Å². The van der Waals surface area contributed by atoms with Gasteiger partial charge in [0.25, 0.3) is 0 Å². The number of aliphatic hydroxyl groups excluding tert-OH is 1. The van der Waals surface area contributed by atoms with E-state index in [2.05, 4.69) is 27.8 Å². The van der Waals surface area contributed by atoms with E-state index in [9.17, 15) is 5.11 Å². The summed E-state index contributed by atoms with van der Waals surface area (Å²) >= 11 is 3.44. The number of ether oxygens (including phenoxy) is 1. The van der Waals surface area contributed by atoms with Gasteiger partial charge in [-0.05, 0) is 37.0 Å². The number of nitrogens with zero attached hydrogens (tertiary/aromatic N) is 1. The van der Waals surface area contributed by atoms with Crippen molar-refractivity contribution in [3.8, 4) is 5.75 Å². The normalized spacial score (nSPS) is 24.4. The molecule has 1 saturated heterocycles. The second kappa shape index (κ2) is 7.27. The third-order valence-electron chi connectivity index (χ3n) is 3.77. The molecule has 0 aromatic heterocycles. The molecule has 4 heteroatoms. The minimum absolute atomic E-state index is 0.118. The number of piperidine rings is 1. The van der Waals surface area contributed by atoms with Crippen molar-refractivity contribution in [1.29, 1.82) is 0 Å². The first-order chi connectivity index (χ1) is 9.19. The summed E-state index contributed by atoms with van der Waals surface area (Å²) in [4.78, 5) is 2.39. The highest BCUT2D eigenvalue weighted by atomic mass is 79.9. The monoisotopic (exact) mass is 327 g/mol. The van der Waals surface area contributed by atoms with E-state index in [1.165, 1.54) is 0 Å². The molecule has 1 fully saturated rings. The number of halogens is 1. The van der Waals surface area contributed by atoms with Crippen LogP contribution in [0, 0.1) is 5.92 Å². The topological polar surface area (TPSA) is 32.7 Å². The fourth-order valence-electron chi connectivity index (χ4n) is 2.55. The Balaban J connectivity index is 1.74. The van der Waals surface area contributed by atoms with Crippen molar-refractivity contribution in [2.24, 2.45) is 5.92 Å². The van der Waals surface area contributed by atoms with E-state index in [1.54, 1.807) is 0 Å². The lowest BCUT2D eigenvalue weighted by molar-refractivity contribution is 0.0209. The Morgan fingerprint density at radius 3 is 3.05 bits per heavy atom. The molecule has 1 N–H and O–H groups in total. The van der Waals surface area contributed by atoms with Gasteiger partial charge in [-0.15, -0.1) is 0 Å². The maximum atomic E-state index is 9.86. The zero-order chi connectivity index (χ0) is 13.7. The maximum absolute atomic E-state index is 9.86. The Morgan fingerprint density at radius 2 is 2.32 bits per heavy atom. The number of benzene rings is 1. The molecule has 0 amide bonds. The molecular formula is C15H22BrNO2. The van der Waals surface area contributed by atoms with Crippen LogP contribution in [0.1, 0.15) is 19.8 Å². The first kappa shape index (κ1) is 14.8. The van der Waals surface area contributed by atoms with Crippen molar-refractivity contribution < 1.29 is 9.84 Å². The molecule has 1 heterocycles. The van der Waals surface area contributed by atoms with Crippen molar-refractivity contribution >= 4 is 15.9 Å². The number of likely N-dealkylation sites (tertiary alicyclic amines) is 1. The van der Waals surface area contributed by atoms with Gasteiger partial charge in [0.15, 0.2) is 0 Å². The molecule has 1 aliphatic rings. The Hall–Kier alpha value is -0.580. The number of rotatable bonds is 5. The molecule has 2 rings (SSSR count). The zero-order valence-electron chi connectivity index (χ0n) is 11.4. The van der Waals surface area contributed by atoms with Gasteiger partial charge in [-0.3, -0.25) is 4.90 Å². The summed E-state index contributed by atoms with van der Waals surface area (Å²) in [6.45, 7) is 5.73. The van der Waals surface area contributed by atoms with E-state index >= 15 is 0 Å². The predicted molar refractivity (Wildman–Crippen MR) is 80.5 cm³/mol. The minimum Gasteiger partial charge on any atom is -0.492 e. The average Bonchev–Trinajstić information content (AvgIpc) is 2.41. The lowest BCUT2D eigenvalue weighted by Gasteiger charge is -2.35. The van der Waals surface area contributed by atoms with Crippen LogP contribution >= 0.6 is 15.9 Å². The molecule has 19 heavy (non-hydrogen) atoms. The van der Waals surface area contributed by atoms with Crippen LogP contribution in [0.25, 0.3) is 0 Å². The van der Waals surface area contributed by atoms with Gasteiger partial charge in [-0.2, -0.15) is 0 Å². The van der Waals surface area contributed by atoms with Gasteiger partial charge < -0.3 is 9.84 Å². The Labute approximate surface area is 123 Å². The van der Waals surface area contributed by atoms with Crippen LogP contribution in [0.4, 0.5) is 0 Å². The molecule has 0 spiro atoms. The smallest absolute Gasteiger partial charge is 0.120 e. The molecule has 1 aromatic rings. The fraction of sp³-hybridized carbons (Fsp3) is 0.600. The van der Waals surface area contributed by atoms with Crippen LogP contribution < -0.4 is 4.74 Å². The van der Waals surface area contributed by atoms with Crippen molar-refractivity contribution in [2.75, 3.05) is 26.2 Å². The van der Waals surface area contributed by atoms with Gasteiger partial charge in [0.2, 0.25) is 0 Å². The van der Waals surface area contributed by atoms with Crippen LogP contribution in [0.2, 0.25) is 0 Å². The standard InChI is InChI=1S/C15H22BrNO2/c1-2-12-11-17(7-6-15(12)18)8-9-19-14-5-3-4-13(16)10-14/h3-5,10,12,15,18H,2,6-9,11H2,1H3. The van der Waals surface area contributed by atoms with Gasteiger partial charge in [-0.1, -0.05) is 28.9 Å². The first-order valence-corrected chi connectivity index (χ1v) is 7.77. The molecule has 3 nitrogen and oxygen atoms in total. The Morgan fingerprint density at radius 1 is 1.47 bits per heavy atom. The highest BCUT2D eigenvalue weighted by molar-refractivity contribution is 9.10. The van der Waals surface area contributed by atoms with E-state index < -0.39 is 0 Å². The molecule has 0 aliphatic carbocycles. The summed E-state index contributed by atoms with van der Waals surface area (Å²) in [5, 5.41) is 9.86. The average molecular weight is 328 g/mol. The summed E-state index contributed by atoms with van der Waals surface area (Å²) in [7, 11) is 0. The summed E-state index contributed by atoms with van der Waals surface area (Å²) in [6, 6.07) is 7.92. The quantitative estimate of drug-likeness (QED) is 0.902. The lowest BCUT2D eigenvalue weighted by Crippen LogP contribution is -2.44. The highest BCUT2D eigenvalue weighted by Gasteiger charge is 2.25. The largest absolute Gasteiger partial charge is 0.492 e. The molecular weight excluding hydrogens is 306 g/mol. The van der Waals surface area contributed by atoms with Gasteiger partial charge >= 0.3 is 0 Å². The van der Waals surface area contributed by atoms with E-state index in [0.717, 1.165) is 42.7 Å². The first-order valence-electron chi connectivity index (χ1n) is 6.98. The minimum atomic E-state index is -0.118. The third-order valence-corrected chi connectivity index (χ3v) is 4.27. The van der Waals surface area contributed by atoms with Crippen molar-refractivity contribution in [3.05, 3.63) is 28.7 Å². The Kier molecular flexibility index (Phi) is 5.67. The molecule has 0 radical (unpaired) electrons. The molecule has 1 aromatic carbocycles. The Bertz CT molecular complexity index is 399. The molecule has 106 valence electrons. The highest BCUT2D eigenvalue weighted by Crippen LogP contribution is 2.20. The molecule has 1 aliphatic heterocycles. The molecule has 2 atom stereocenters. The van der Waals surface area contributed by atoms with Gasteiger partial charge in [0, 0.05) is 24.1 Å². The molecule has 0 bridgehead atoms. The molecule has 2 unspecified atom stereocenters. The van der Waals surface area contributed by atoms with E-state index in [1.807, 2.05) is 24.3 Å².